The maximum Gasteiger partial charge on any atom is 0.250 e. The second-order valence-electron chi connectivity index (χ2n) is 13.7. The van der Waals surface area contributed by atoms with E-state index in [1.165, 1.54) is 0 Å². The molecule has 4 heterocycles. The lowest BCUT2D eigenvalue weighted by atomic mass is 9.66. The number of carbonyl (C=O) groups is 3. The molecule has 0 saturated carbocycles. The Labute approximate surface area is 281 Å². The Morgan fingerprint density at radius 1 is 1.06 bits per heavy atom. The predicted molar refractivity (Wildman–Crippen MR) is 181 cm³/mol. The number of hydrogen-bond acceptors (Lipinski definition) is 7. The number of aromatic nitrogens is 3. The summed E-state index contributed by atoms with van der Waals surface area (Å²) in [6.45, 7) is 14.2. The molecule has 0 radical (unpaired) electrons. The highest BCUT2D eigenvalue weighted by Crippen LogP contribution is 2.64. The van der Waals surface area contributed by atoms with Gasteiger partial charge in [0.15, 0.2) is 0 Å². The Morgan fingerprint density at radius 3 is 2.44 bits per heavy atom. The SMILES string of the molecule is C=CCN(Cn1nnc2ccccc21)C(=O)C1N([C@@H](CO)[C@@H](C)CC)C(=O)[C@@H]2[C@H](C(=O)N(CC=C)Cc3ccccc3)[C@]3(C)CCC12O3. The fourth-order valence-corrected chi connectivity index (χ4v) is 8.31. The van der Waals surface area contributed by atoms with Gasteiger partial charge in [0.05, 0.1) is 35.6 Å². The van der Waals surface area contributed by atoms with E-state index in [4.69, 9.17) is 4.74 Å². The van der Waals surface area contributed by atoms with Crippen LogP contribution in [0, 0.1) is 17.8 Å². The van der Waals surface area contributed by atoms with E-state index in [-0.39, 0.29) is 43.5 Å². The van der Waals surface area contributed by atoms with Gasteiger partial charge < -0.3 is 24.5 Å². The second-order valence-corrected chi connectivity index (χ2v) is 13.7. The quantitative estimate of drug-likeness (QED) is 0.263. The van der Waals surface area contributed by atoms with Crippen molar-refractivity contribution in [3.05, 3.63) is 85.5 Å². The van der Waals surface area contributed by atoms with E-state index in [1.807, 2.05) is 75.4 Å². The van der Waals surface area contributed by atoms with E-state index in [1.54, 1.807) is 31.5 Å². The molecule has 3 saturated heterocycles. The molecule has 1 N–H and O–H groups in total. The third-order valence-electron chi connectivity index (χ3n) is 10.8. The molecule has 1 aromatic heterocycles. The molecule has 6 rings (SSSR count). The smallest absolute Gasteiger partial charge is 0.250 e. The molecular weight excluding hydrogens is 608 g/mol. The Kier molecular flexibility index (Phi) is 9.28. The van der Waals surface area contributed by atoms with Crippen molar-refractivity contribution in [3.8, 4) is 0 Å². The minimum Gasteiger partial charge on any atom is -0.394 e. The molecule has 3 aliphatic heterocycles. The van der Waals surface area contributed by atoms with Crippen molar-refractivity contribution in [2.75, 3.05) is 19.7 Å². The van der Waals surface area contributed by atoms with Crippen LogP contribution >= 0.6 is 0 Å². The van der Waals surface area contributed by atoms with Crippen LogP contribution < -0.4 is 0 Å². The van der Waals surface area contributed by atoms with Gasteiger partial charge in [-0.15, -0.1) is 18.3 Å². The summed E-state index contributed by atoms with van der Waals surface area (Å²) < 4.78 is 8.59. The molecule has 3 amide bonds. The lowest BCUT2D eigenvalue weighted by Gasteiger charge is -2.41. The van der Waals surface area contributed by atoms with Crippen molar-refractivity contribution in [2.45, 2.75) is 76.5 Å². The van der Waals surface area contributed by atoms with Gasteiger partial charge in [0, 0.05) is 19.6 Å². The predicted octanol–water partition coefficient (Wildman–Crippen LogP) is 3.79. The molecule has 3 aromatic rings. The molecule has 48 heavy (non-hydrogen) atoms. The third kappa shape index (κ3) is 5.42. The van der Waals surface area contributed by atoms with Gasteiger partial charge in [-0.2, -0.15) is 0 Å². The van der Waals surface area contributed by atoms with Gasteiger partial charge in [0.2, 0.25) is 17.7 Å². The van der Waals surface area contributed by atoms with E-state index in [9.17, 15) is 14.7 Å². The van der Waals surface area contributed by atoms with Gasteiger partial charge in [-0.25, -0.2) is 4.68 Å². The van der Waals surface area contributed by atoms with Crippen molar-refractivity contribution in [1.82, 2.24) is 29.7 Å². The Bertz CT molecular complexity index is 1690. The summed E-state index contributed by atoms with van der Waals surface area (Å²) >= 11 is 0. The largest absolute Gasteiger partial charge is 0.394 e. The molecule has 3 aliphatic rings. The van der Waals surface area contributed by atoms with Crippen LogP contribution in [0.15, 0.2) is 79.9 Å². The first kappa shape index (κ1) is 33.5. The normalized spacial score (nSPS) is 27.1. The highest BCUT2D eigenvalue weighted by Gasteiger charge is 2.79. The molecule has 11 heteroatoms. The van der Waals surface area contributed by atoms with Gasteiger partial charge in [0.25, 0.3) is 0 Å². The minimum absolute atomic E-state index is 0.0710. The van der Waals surface area contributed by atoms with Crippen LogP contribution in [-0.2, 0) is 32.3 Å². The van der Waals surface area contributed by atoms with Crippen molar-refractivity contribution in [3.63, 3.8) is 0 Å². The first-order valence-corrected chi connectivity index (χ1v) is 16.9. The van der Waals surface area contributed by atoms with Crippen molar-refractivity contribution >= 4 is 28.8 Å². The number of fused-ring (bicyclic) bond motifs is 2. The minimum atomic E-state index is -1.25. The van der Waals surface area contributed by atoms with Crippen LogP contribution in [0.3, 0.4) is 0 Å². The summed E-state index contributed by atoms with van der Waals surface area (Å²) in [6.07, 6.45) is 4.96. The highest BCUT2D eigenvalue weighted by molar-refractivity contribution is 5.99. The fraction of sp³-hybridized carbons (Fsp3) is 0.486. The molecule has 7 atom stereocenters. The summed E-state index contributed by atoms with van der Waals surface area (Å²) in [5, 5.41) is 19.3. The molecule has 2 bridgehead atoms. The highest BCUT2D eigenvalue weighted by atomic mass is 16.5. The van der Waals surface area contributed by atoms with Crippen LogP contribution in [0.2, 0.25) is 0 Å². The summed E-state index contributed by atoms with van der Waals surface area (Å²) in [6, 6.07) is 15.5. The zero-order valence-electron chi connectivity index (χ0n) is 28.1. The van der Waals surface area contributed by atoms with Crippen LogP contribution in [0.25, 0.3) is 11.0 Å². The molecule has 0 aliphatic carbocycles. The van der Waals surface area contributed by atoms with Gasteiger partial charge in [-0.3, -0.25) is 14.4 Å². The number of para-hydroxylation sites is 1. The number of likely N-dealkylation sites (tertiary alicyclic amines) is 1. The zero-order chi connectivity index (χ0) is 34.2. The monoisotopic (exact) mass is 654 g/mol. The molecular formula is C37H46N6O5. The number of hydrogen-bond donors (Lipinski definition) is 1. The number of aliphatic hydroxyl groups excluding tert-OH is 1. The second kappa shape index (κ2) is 13.3. The lowest BCUT2D eigenvalue weighted by molar-refractivity contribution is -0.158. The van der Waals surface area contributed by atoms with Gasteiger partial charge in [-0.1, -0.05) is 80.1 Å². The first-order valence-electron chi connectivity index (χ1n) is 16.9. The number of nitrogens with zero attached hydrogens (tertiary/aromatic N) is 6. The number of benzene rings is 2. The molecule has 2 aromatic carbocycles. The number of carbonyl (C=O) groups excluding carboxylic acids is 3. The van der Waals surface area contributed by atoms with Crippen LogP contribution in [0.1, 0.15) is 45.6 Å². The number of amides is 3. The van der Waals surface area contributed by atoms with E-state index >= 15 is 4.79 Å². The molecule has 1 spiro atoms. The van der Waals surface area contributed by atoms with Gasteiger partial charge in [-0.05, 0) is 43.4 Å². The van der Waals surface area contributed by atoms with Crippen LogP contribution in [0.4, 0.5) is 0 Å². The summed E-state index contributed by atoms with van der Waals surface area (Å²) in [5.74, 6) is -2.68. The van der Waals surface area contributed by atoms with Crippen molar-refractivity contribution in [2.24, 2.45) is 17.8 Å². The Hall–Kier alpha value is -4.35. The lowest BCUT2D eigenvalue weighted by Crippen LogP contribution is -2.60. The molecule has 254 valence electrons. The Balaban J connectivity index is 1.42. The zero-order valence-corrected chi connectivity index (χ0v) is 28.1. The summed E-state index contributed by atoms with van der Waals surface area (Å²) in [7, 11) is 0. The summed E-state index contributed by atoms with van der Waals surface area (Å²) in [5.41, 5.74) is 0.222. The maximum atomic E-state index is 15.0. The molecule has 11 nitrogen and oxygen atoms in total. The van der Waals surface area contributed by atoms with Crippen LogP contribution in [0.5, 0.6) is 0 Å². The average molecular weight is 655 g/mol. The van der Waals surface area contributed by atoms with Crippen molar-refractivity contribution in [1.29, 1.82) is 0 Å². The van der Waals surface area contributed by atoms with Crippen LogP contribution in [-0.4, -0.2) is 95.5 Å². The third-order valence-corrected chi connectivity index (χ3v) is 10.8. The first-order chi connectivity index (χ1) is 23.1. The maximum absolute atomic E-state index is 15.0. The van der Waals surface area contributed by atoms with Gasteiger partial charge in [0.1, 0.15) is 23.8 Å². The van der Waals surface area contributed by atoms with E-state index in [0.717, 1.165) is 11.1 Å². The van der Waals surface area contributed by atoms with E-state index in [2.05, 4.69) is 23.5 Å². The number of rotatable bonds is 14. The standard InChI is InChI=1S/C37H46N6O5/c1-6-20-40(22-26-14-10-9-11-15-26)33(45)30-31-34(46)43(29(23-44)25(4)8-3)32(37(31)19-18-36(30,5)48-37)35(47)41(21-7-2)24-42-28-17-13-12-16-27(28)38-39-42/h6-7,9-17,25,29-32,44H,1-2,8,18-24H2,3-5H3/t25-,29-,30+,31-,32?,36-,37?/m0/s1. The molecule has 2 unspecified atom stereocenters. The molecule has 3 fully saturated rings. The van der Waals surface area contributed by atoms with Gasteiger partial charge >= 0.3 is 0 Å². The average Bonchev–Trinajstić information content (AvgIpc) is 3.80. The van der Waals surface area contributed by atoms with Crippen molar-refractivity contribution < 1.29 is 24.2 Å². The topological polar surface area (TPSA) is 121 Å². The number of aliphatic hydroxyl groups is 1. The number of ether oxygens (including phenoxy) is 1. The fourth-order valence-electron chi connectivity index (χ4n) is 8.31. The summed E-state index contributed by atoms with van der Waals surface area (Å²) in [4.78, 5) is 49.5. The van der Waals surface area contributed by atoms with E-state index in [0.29, 0.717) is 37.9 Å². The Morgan fingerprint density at radius 2 is 1.75 bits per heavy atom. The van der Waals surface area contributed by atoms with E-state index < -0.39 is 35.1 Å².